The van der Waals surface area contributed by atoms with Gasteiger partial charge >= 0.3 is 0 Å². The molecule has 17 heavy (non-hydrogen) atoms. The topological polar surface area (TPSA) is 24.9 Å². The number of halogens is 2. The van der Waals surface area contributed by atoms with Crippen LogP contribution in [0, 0.1) is 5.92 Å². The Kier molecular flexibility index (Phi) is 3.24. The van der Waals surface area contributed by atoms with Crippen molar-refractivity contribution in [2.45, 2.75) is 25.3 Å². The molecule has 2 atom stereocenters. The monoisotopic (exact) mass is 312 g/mol. The minimum Gasteiger partial charge on any atom is -0.310 e. The van der Waals surface area contributed by atoms with Crippen LogP contribution in [0.25, 0.3) is 5.57 Å². The molecule has 1 aliphatic carbocycles. The van der Waals surface area contributed by atoms with Gasteiger partial charge in [-0.25, -0.2) is 4.98 Å². The Balaban J connectivity index is 1.91. The maximum atomic E-state index is 6.11. The Morgan fingerprint density at radius 1 is 1.47 bits per heavy atom. The second-order valence-electron chi connectivity index (χ2n) is 4.73. The average molecular weight is 314 g/mol. The zero-order valence-electron chi connectivity index (χ0n) is 9.42. The number of nitrogens with one attached hydrogen (secondary N) is 1. The molecule has 1 N–H and O–H groups in total. The van der Waals surface area contributed by atoms with E-state index in [9.17, 15) is 0 Å². The molecule has 0 spiro atoms. The summed E-state index contributed by atoms with van der Waals surface area (Å²) >= 11 is 9.44. The fourth-order valence-electron chi connectivity index (χ4n) is 2.85. The van der Waals surface area contributed by atoms with Crippen molar-refractivity contribution in [1.29, 1.82) is 0 Å². The molecule has 1 aliphatic heterocycles. The smallest absolute Gasteiger partial charge is 0.124 e. The van der Waals surface area contributed by atoms with E-state index in [1.54, 1.807) is 0 Å². The van der Waals surface area contributed by atoms with E-state index in [4.69, 9.17) is 11.6 Å². The number of hydrogen-bond donors (Lipinski definition) is 1. The van der Waals surface area contributed by atoms with Crippen molar-refractivity contribution in [2.75, 3.05) is 6.54 Å². The number of pyridine rings is 1. The summed E-state index contributed by atoms with van der Waals surface area (Å²) < 4.78 is 0.717. The Bertz CT molecular complexity index is 472. The lowest BCUT2D eigenvalue weighted by Crippen LogP contribution is -2.39. The number of aromatic nitrogens is 1. The summed E-state index contributed by atoms with van der Waals surface area (Å²) in [6, 6.07) is 2.51. The predicted molar refractivity (Wildman–Crippen MR) is 74.1 cm³/mol. The van der Waals surface area contributed by atoms with Crippen LogP contribution in [0.3, 0.4) is 0 Å². The first-order chi connectivity index (χ1) is 8.25. The molecule has 2 nitrogen and oxygen atoms in total. The number of piperidine rings is 1. The van der Waals surface area contributed by atoms with E-state index in [0.717, 1.165) is 22.6 Å². The molecule has 0 amide bonds. The van der Waals surface area contributed by atoms with E-state index in [1.807, 2.05) is 12.3 Å². The van der Waals surface area contributed by atoms with Crippen LogP contribution in [0.4, 0.5) is 0 Å². The summed E-state index contributed by atoms with van der Waals surface area (Å²) in [7, 11) is 0. The highest BCUT2D eigenvalue weighted by Gasteiger charge is 2.32. The van der Waals surface area contributed by atoms with Gasteiger partial charge in [0.2, 0.25) is 0 Å². The minimum absolute atomic E-state index is 0.503. The van der Waals surface area contributed by atoms with Gasteiger partial charge in [0.25, 0.3) is 0 Å². The Labute approximate surface area is 115 Å². The second kappa shape index (κ2) is 4.71. The quantitative estimate of drug-likeness (QED) is 0.801. The molecule has 0 saturated carbocycles. The van der Waals surface area contributed by atoms with Crippen molar-refractivity contribution in [2.24, 2.45) is 5.92 Å². The number of nitrogens with zero attached hydrogens (tertiary/aromatic N) is 1. The van der Waals surface area contributed by atoms with E-state index in [2.05, 4.69) is 32.3 Å². The fourth-order valence-corrected chi connectivity index (χ4v) is 3.24. The number of hydrogen-bond acceptors (Lipinski definition) is 2. The number of fused-ring (bicyclic) bond motifs is 1. The first-order valence-electron chi connectivity index (χ1n) is 6.00. The van der Waals surface area contributed by atoms with E-state index < -0.39 is 0 Å². The molecule has 0 aromatic carbocycles. The van der Waals surface area contributed by atoms with Crippen molar-refractivity contribution >= 4 is 33.1 Å². The SMILES string of the molecule is Clc1cc(C2=CC[C@@H]3CCCN[C@H]23)cnc1Br. The first-order valence-corrected chi connectivity index (χ1v) is 7.17. The average Bonchev–Trinajstić information content (AvgIpc) is 2.76. The molecule has 0 radical (unpaired) electrons. The van der Waals surface area contributed by atoms with Gasteiger partial charge in [0.05, 0.1) is 5.02 Å². The molecule has 1 saturated heterocycles. The highest BCUT2D eigenvalue weighted by Crippen LogP contribution is 2.38. The van der Waals surface area contributed by atoms with Crippen molar-refractivity contribution < 1.29 is 0 Å². The summed E-state index contributed by atoms with van der Waals surface area (Å²) in [6.07, 6.45) is 8.05. The molecule has 1 aromatic heterocycles. The zero-order valence-corrected chi connectivity index (χ0v) is 11.8. The summed E-state index contributed by atoms with van der Waals surface area (Å²) in [6.45, 7) is 1.12. The van der Waals surface area contributed by atoms with E-state index in [1.165, 1.54) is 24.8 Å². The normalized spacial score (nSPS) is 27.8. The van der Waals surface area contributed by atoms with Crippen molar-refractivity contribution in [1.82, 2.24) is 10.3 Å². The van der Waals surface area contributed by atoms with Gasteiger partial charge < -0.3 is 5.32 Å². The largest absolute Gasteiger partial charge is 0.310 e. The van der Waals surface area contributed by atoms with Crippen LogP contribution in [0.1, 0.15) is 24.8 Å². The predicted octanol–water partition coefficient (Wildman–Crippen LogP) is 3.65. The first kappa shape index (κ1) is 11.7. The summed E-state index contributed by atoms with van der Waals surface area (Å²) in [5.74, 6) is 0.765. The molecular weight excluding hydrogens is 300 g/mol. The summed E-state index contributed by atoms with van der Waals surface area (Å²) in [5, 5.41) is 4.30. The molecule has 0 unspecified atom stereocenters. The molecule has 2 aliphatic rings. The summed E-state index contributed by atoms with van der Waals surface area (Å²) in [4.78, 5) is 4.28. The van der Waals surface area contributed by atoms with E-state index in [-0.39, 0.29) is 0 Å². The Morgan fingerprint density at radius 2 is 2.35 bits per heavy atom. The second-order valence-corrected chi connectivity index (χ2v) is 5.88. The minimum atomic E-state index is 0.503. The lowest BCUT2D eigenvalue weighted by molar-refractivity contribution is 0.346. The van der Waals surface area contributed by atoms with E-state index in [0.29, 0.717) is 11.1 Å². The maximum Gasteiger partial charge on any atom is 0.124 e. The van der Waals surface area contributed by atoms with Crippen LogP contribution in [0.2, 0.25) is 5.02 Å². The number of allylic oxidation sites excluding steroid dienone is 1. The highest BCUT2D eigenvalue weighted by molar-refractivity contribution is 9.10. The third-order valence-corrected chi connectivity index (χ3v) is 4.84. The lowest BCUT2D eigenvalue weighted by Gasteiger charge is -2.29. The third kappa shape index (κ3) is 2.16. The van der Waals surface area contributed by atoms with Gasteiger partial charge in [0.1, 0.15) is 4.60 Å². The molecule has 0 bridgehead atoms. The molecule has 3 rings (SSSR count). The van der Waals surface area contributed by atoms with Crippen LogP contribution in [-0.4, -0.2) is 17.6 Å². The van der Waals surface area contributed by atoms with Gasteiger partial charge in [0.15, 0.2) is 0 Å². The van der Waals surface area contributed by atoms with Gasteiger partial charge in [-0.2, -0.15) is 0 Å². The van der Waals surface area contributed by atoms with Crippen LogP contribution in [0.5, 0.6) is 0 Å². The van der Waals surface area contributed by atoms with Crippen LogP contribution < -0.4 is 5.32 Å². The van der Waals surface area contributed by atoms with Crippen molar-refractivity contribution in [3.63, 3.8) is 0 Å². The third-order valence-electron chi connectivity index (χ3n) is 3.69. The number of rotatable bonds is 1. The van der Waals surface area contributed by atoms with E-state index >= 15 is 0 Å². The molecule has 4 heteroatoms. The van der Waals surface area contributed by atoms with Gasteiger partial charge in [-0.05, 0) is 64.9 Å². The Morgan fingerprint density at radius 3 is 3.18 bits per heavy atom. The van der Waals surface area contributed by atoms with Crippen LogP contribution >= 0.6 is 27.5 Å². The zero-order chi connectivity index (χ0) is 11.8. The fraction of sp³-hybridized carbons (Fsp3) is 0.462. The maximum absolute atomic E-state index is 6.11. The van der Waals surface area contributed by atoms with Crippen LogP contribution in [-0.2, 0) is 0 Å². The highest BCUT2D eigenvalue weighted by atomic mass is 79.9. The van der Waals surface area contributed by atoms with Gasteiger partial charge in [-0.1, -0.05) is 17.7 Å². The standard InChI is InChI=1S/C13H14BrClN2/c14-13-11(15)6-9(7-17-13)10-4-3-8-2-1-5-16-12(8)10/h4,6-8,12,16H,1-3,5H2/t8-,12-/m0/s1. The van der Waals surface area contributed by atoms with Gasteiger partial charge in [-0.3, -0.25) is 0 Å². The molecular formula is C13H14BrClN2. The Hall–Kier alpha value is -0.380. The summed E-state index contributed by atoms with van der Waals surface area (Å²) in [5.41, 5.74) is 2.52. The molecule has 90 valence electrons. The van der Waals surface area contributed by atoms with Gasteiger partial charge in [0, 0.05) is 12.2 Å². The molecule has 1 aromatic rings. The molecule has 1 fully saturated rings. The van der Waals surface area contributed by atoms with Crippen molar-refractivity contribution in [3.05, 3.63) is 33.5 Å². The molecule has 2 heterocycles. The van der Waals surface area contributed by atoms with Gasteiger partial charge in [-0.15, -0.1) is 0 Å². The lowest BCUT2D eigenvalue weighted by atomic mass is 9.89. The van der Waals surface area contributed by atoms with Crippen molar-refractivity contribution in [3.8, 4) is 0 Å². The van der Waals surface area contributed by atoms with Crippen LogP contribution in [0.15, 0.2) is 22.9 Å².